The number of fused-ring (bicyclic) bond motifs is 2. The number of benzene rings is 1. The van der Waals surface area contributed by atoms with E-state index in [9.17, 15) is 4.79 Å². The summed E-state index contributed by atoms with van der Waals surface area (Å²) < 4.78 is 3.84. The van der Waals surface area contributed by atoms with Crippen LogP contribution in [0.2, 0.25) is 0 Å². The number of aromatic nitrogens is 4. The van der Waals surface area contributed by atoms with Gasteiger partial charge in [-0.25, -0.2) is 9.66 Å². The number of nitrogens with one attached hydrogen (secondary N) is 1. The Morgan fingerprint density at radius 1 is 1.00 bits per heavy atom. The van der Waals surface area contributed by atoms with E-state index < -0.39 is 0 Å². The van der Waals surface area contributed by atoms with Crippen molar-refractivity contribution in [2.75, 3.05) is 0 Å². The summed E-state index contributed by atoms with van der Waals surface area (Å²) in [4.78, 5) is 18.5. The lowest BCUT2D eigenvalue weighted by Gasteiger charge is -2.07. The van der Waals surface area contributed by atoms with E-state index in [0.29, 0.717) is 11.0 Å². The van der Waals surface area contributed by atoms with Gasteiger partial charge in [-0.2, -0.15) is 0 Å². The Morgan fingerprint density at radius 3 is 2.79 bits per heavy atom. The molecule has 0 saturated heterocycles. The maximum atomic E-state index is 11.7. The fourth-order valence-electron chi connectivity index (χ4n) is 2.38. The zero-order valence-electron chi connectivity index (χ0n) is 9.95. The predicted molar refractivity (Wildman–Crippen MR) is 73.1 cm³/mol. The van der Waals surface area contributed by atoms with Gasteiger partial charge in [-0.05, 0) is 18.2 Å². The van der Waals surface area contributed by atoms with E-state index in [1.54, 1.807) is 6.07 Å². The molecule has 5 heteroatoms. The third-order valence-electron chi connectivity index (χ3n) is 3.28. The average Bonchev–Trinajstić information content (AvgIpc) is 3.02. The molecule has 0 amide bonds. The molecular formula is C14H10N4O. The van der Waals surface area contributed by atoms with E-state index in [1.165, 1.54) is 6.33 Å². The van der Waals surface area contributed by atoms with Gasteiger partial charge in [0.15, 0.2) is 5.65 Å². The molecule has 19 heavy (non-hydrogen) atoms. The van der Waals surface area contributed by atoms with Gasteiger partial charge in [0.05, 0.1) is 17.2 Å². The van der Waals surface area contributed by atoms with Gasteiger partial charge in [-0.1, -0.05) is 18.2 Å². The monoisotopic (exact) mass is 250 g/mol. The molecule has 0 atom stereocenters. The number of hydrogen-bond donors (Lipinski definition) is 1. The minimum atomic E-state index is -0.125. The normalized spacial score (nSPS) is 11.4. The van der Waals surface area contributed by atoms with Crippen molar-refractivity contribution < 1.29 is 0 Å². The van der Waals surface area contributed by atoms with Crippen LogP contribution in [0.5, 0.6) is 0 Å². The van der Waals surface area contributed by atoms with Gasteiger partial charge in [-0.15, -0.1) is 0 Å². The summed E-state index contributed by atoms with van der Waals surface area (Å²) in [5.41, 5.74) is 1.59. The first-order valence-corrected chi connectivity index (χ1v) is 5.96. The Balaban J connectivity index is 2.10. The first-order chi connectivity index (χ1) is 9.34. The van der Waals surface area contributed by atoms with Crippen molar-refractivity contribution in [2.24, 2.45) is 0 Å². The Hall–Kier alpha value is -2.82. The molecule has 0 aliphatic carbocycles. The molecule has 1 N–H and O–H groups in total. The van der Waals surface area contributed by atoms with Gasteiger partial charge in [0, 0.05) is 17.8 Å². The van der Waals surface area contributed by atoms with E-state index >= 15 is 0 Å². The lowest BCUT2D eigenvalue weighted by Crippen LogP contribution is -2.10. The summed E-state index contributed by atoms with van der Waals surface area (Å²) in [7, 11) is 0. The van der Waals surface area contributed by atoms with Gasteiger partial charge < -0.3 is 4.98 Å². The summed E-state index contributed by atoms with van der Waals surface area (Å²) >= 11 is 0. The smallest absolute Gasteiger partial charge is 0.260 e. The molecule has 0 aliphatic rings. The molecule has 0 bridgehead atoms. The van der Waals surface area contributed by atoms with Crippen LogP contribution in [0.4, 0.5) is 0 Å². The van der Waals surface area contributed by atoms with Crippen molar-refractivity contribution >= 4 is 21.9 Å². The van der Waals surface area contributed by atoms with Crippen LogP contribution in [0, 0.1) is 0 Å². The highest BCUT2D eigenvalue weighted by atomic mass is 16.1. The minimum Gasteiger partial charge on any atom is -0.313 e. The van der Waals surface area contributed by atoms with Crippen LogP contribution in [-0.4, -0.2) is 19.3 Å². The lowest BCUT2D eigenvalue weighted by molar-refractivity contribution is 0.710. The zero-order chi connectivity index (χ0) is 12.8. The van der Waals surface area contributed by atoms with Gasteiger partial charge >= 0.3 is 0 Å². The van der Waals surface area contributed by atoms with Crippen LogP contribution in [0.15, 0.2) is 59.9 Å². The number of aromatic amines is 1. The van der Waals surface area contributed by atoms with Crippen molar-refractivity contribution in [3.05, 3.63) is 65.5 Å². The molecule has 4 aromatic rings. The van der Waals surface area contributed by atoms with E-state index in [-0.39, 0.29) is 5.56 Å². The van der Waals surface area contributed by atoms with Crippen molar-refractivity contribution in [3.63, 3.8) is 0 Å². The molecule has 0 unspecified atom stereocenters. The summed E-state index contributed by atoms with van der Waals surface area (Å²) in [6.07, 6.45) is 5.24. The zero-order valence-corrected chi connectivity index (χ0v) is 9.95. The minimum absolute atomic E-state index is 0.125. The highest BCUT2D eigenvalue weighted by Crippen LogP contribution is 2.17. The highest BCUT2D eigenvalue weighted by molar-refractivity contribution is 5.81. The van der Waals surface area contributed by atoms with Crippen LogP contribution in [-0.2, 0) is 0 Å². The van der Waals surface area contributed by atoms with E-state index in [1.807, 2.05) is 46.0 Å². The molecular weight excluding hydrogens is 240 g/mol. The lowest BCUT2D eigenvalue weighted by atomic mass is 10.3. The molecule has 0 spiro atoms. The second-order valence-electron chi connectivity index (χ2n) is 4.35. The maximum absolute atomic E-state index is 11.7. The number of hydrogen-bond acceptors (Lipinski definition) is 2. The average molecular weight is 250 g/mol. The Labute approximate surface area is 107 Å². The molecule has 0 fully saturated rings. The Kier molecular flexibility index (Phi) is 1.91. The standard InChI is InChI=1S/C14H10N4O/c19-14-11-6-8-18(13(11)15-9-16-14)17-7-5-10-3-1-2-4-12(10)17/h1-9H,(H,15,16,19). The number of H-pyrrole nitrogens is 1. The van der Waals surface area contributed by atoms with Crippen LogP contribution < -0.4 is 5.56 Å². The van der Waals surface area contributed by atoms with Gasteiger partial charge in [0.1, 0.15) is 0 Å². The summed E-state index contributed by atoms with van der Waals surface area (Å²) in [6, 6.07) is 11.9. The van der Waals surface area contributed by atoms with Crippen molar-refractivity contribution in [1.29, 1.82) is 0 Å². The number of nitrogens with zero attached hydrogens (tertiary/aromatic N) is 3. The van der Waals surface area contributed by atoms with Crippen molar-refractivity contribution in [2.45, 2.75) is 0 Å². The number of rotatable bonds is 1. The van der Waals surface area contributed by atoms with E-state index in [0.717, 1.165) is 10.9 Å². The molecule has 0 aliphatic heterocycles. The molecule has 3 heterocycles. The van der Waals surface area contributed by atoms with Crippen LogP contribution in [0.25, 0.3) is 21.9 Å². The number of para-hydroxylation sites is 1. The van der Waals surface area contributed by atoms with Crippen molar-refractivity contribution in [3.8, 4) is 0 Å². The van der Waals surface area contributed by atoms with Gasteiger partial charge in [-0.3, -0.25) is 9.47 Å². The topological polar surface area (TPSA) is 55.6 Å². The third kappa shape index (κ3) is 1.35. The fourth-order valence-corrected chi connectivity index (χ4v) is 2.38. The fraction of sp³-hybridized carbons (Fsp3) is 0. The summed E-state index contributed by atoms with van der Waals surface area (Å²) in [5.74, 6) is 0. The Bertz CT molecular complexity index is 945. The maximum Gasteiger partial charge on any atom is 0.260 e. The Morgan fingerprint density at radius 2 is 1.84 bits per heavy atom. The second-order valence-corrected chi connectivity index (χ2v) is 4.35. The van der Waals surface area contributed by atoms with Gasteiger partial charge in [0.2, 0.25) is 0 Å². The summed E-state index contributed by atoms with van der Waals surface area (Å²) in [6.45, 7) is 0. The van der Waals surface area contributed by atoms with Crippen LogP contribution in [0.1, 0.15) is 0 Å². The molecule has 3 aromatic heterocycles. The molecule has 5 nitrogen and oxygen atoms in total. The predicted octanol–water partition coefficient (Wildman–Crippen LogP) is 1.99. The molecule has 92 valence electrons. The quantitative estimate of drug-likeness (QED) is 0.561. The molecule has 4 rings (SSSR count). The van der Waals surface area contributed by atoms with Crippen LogP contribution in [0.3, 0.4) is 0 Å². The second kappa shape index (κ2) is 3.58. The van der Waals surface area contributed by atoms with Gasteiger partial charge in [0.25, 0.3) is 5.56 Å². The van der Waals surface area contributed by atoms with E-state index in [2.05, 4.69) is 16.0 Å². The molecule has 0 radical (unpaired) electrons. The van der Waals surface area contributed by atoms with Crippen LogP contribution >= 0.6 is 0 Å². The molecule has 1 aromatic carbocycles. The first kappa shape index (κ1) is 10.1. The molecule has 0 saturated carbocycles. The largest absolute Gasteiger partial charge is 0.313 e. The van der Waals surface area contributed by atoms with Crippen molar-refractivity contribution in [1.82, 2.24) is 19.3 Å². The highest BCUT2D eigenvalue weighted by Gasteiger charge is 2.08. The SMILES string of the molecule is O=c1[nH]cnc2c1ccn2-n1ccc2ccccc21. The first-order valence-electron chi connectivity index (χ1n) is 5.96. The summed E-state index contributed by atoms with van der Waals surface area (Å²) in [5, 5.41) is 1.73. The van der Waals surface area contributed by atoms with E-state index in [4.69, 9.17) is 0 Å². The third-order valence-corrected chi connectivity index (χ3v) is 3.28.